The maximum Gasteiger partial charge on any atom is 0.325 e. The van der Waals surface area contributed by atoms with Crippen molar-refractivity contribution in [2.24, 2.45) is 0 Å². The van der Waals surface area contributed by atoms with Gasteiger partial charge in [0.25, 0.3) is 6.43 Å². The summed E-state index contributed by atoms with van der Waals surface area (Å²) in [6, 6.07) is 0. The Labute approximate surface area is 94.3 Å². The summed E-state index contributed by atoms with van der Waals surface area (Å²) in [6.45, 7) is 2.66. The second-order valence-electron chi connectivity index (χ2n) is 3.81. The van der Waals surface area contributed by atoms with Gasteiger partial charge in [-0.2, -0.15) is 0 Å². The highest BCUT2D eigenvalue weighted by atomic mass is 19.3. The van der Waals surface area contributed by atoms with Crippen molar-refractivity contribution in [3.8, 4) is 0 Å². The highest BCUT2D eigenvalue weighted by Crippen LogP contribution is 2.16. The molecule has 0 amide bonds. The molecule has 2 unspecified atom stereocenters. The minimum absolute atomic E-state index is 0.267. The van der Waals surface area contributed by atoms with Gasteiger partial charge < -0.3 is 14.8 Å². The molecular formula is C10H19F2NO3. The van der Waals surface area contributed by atoms with Crippen LogP contribution >= 0.6 is 0 Å². The average molecular weight is 239 g/mol. The molecule has 6 heteroatoms. The number of hydrogen-bond donors (Lipinski definition) is 1. The zero-order chi connectivity index (χ0) is 12.8. The number of ether oxygens (including phenoxy) is 2. The number of rotatable bonds is 7. The van der Waals surface area contributed by atoms with E-state index >= 15 is 0 Å². The first-order chi connectivity index (χ1) is 7.35. The van der Waals surface area contributed by atoms with Crippen LogP contribution in [0.3, 0.4) is 0 Å². The van der Waals surface area contributed by atoms with Crippen LogP contribution in [0.5, 0.6) is 0 Å². The van der Waals surface area contributed by atoms with Crippen molar-refractivity contribution >= 4 is 5.97 Å². The van der Waals surface area contributed by atoms with E-state index in [0.717, 1.165) is 0 Å². The Bertz CT molecular complexity index is 226. The van der Waals surface area contributed by atoms with Crippen molar-refractivity contribution in [2.45, 2.75) is 38.3 Å². The SMILES string of the molecule is CNC(C)(CC(C)OCC(F)F)C(=O)OC. The van der Waals surface area contributed by atoms with Gasteiger partial charge >= 0.3 is 5.97 Å². The zero-order valence-electron chi connectivity index (χ0n) is 10.0. The van der Waals surface area contributed by atoms with Gasteiger partial charge in [0, 0.05) is 6.42 Å². The minimum Gasteiger partial charge on any atom is -0.468 e. The maximum atomic E-state index is 11.9. The van der Waals surface area contributed by atoms with Gasteiger partial charge in [0.05, 0.1) is 13.2 Å². The number of halogens is 2. The molecule has 0 spiro atoms. The van der Waals surface area contributed by atoms with Crippen LogP contribution in [0, 0.1) is 0 Å². The van der Waals surface area contributed by atoms with Crippen molar-refractivity contribution in [2.75, 3.05) is 20.8 Å². The first kappa shape index (κ1) is 15.2. The lowest BCUT2D eigenvalue weighted by molar-refractivity contribution is -0.149. The van der Waals surface area contributed by atoms with Crippen molar-refractivity contribution in [1.82, 2.24) is 5.32 Å². The van der Waals surface area contributed by atoms with Gasteiger partial charge in [0.15, 0.2) is 0 Å². The lowest BCUT2D eigenvalue weighted by Gasteiger charge is -2.28. The van der Waals surface area contributed by atoms with Crippen molar-refractivity contribution in [1.29, 1.82) is 0 Å². The predicted molar refractivity (Wildman–Crippen MR) is 55.5 cm³/mol. The minimum atomic E-state index is -2.50. The number of nitrogens with one attached hydrogen (secondary N) is 1. The Morgan fingerprint density at radius 2 is 2.06 bits per heavy atom. The number of esters is 1. The Morgan fingerprint density at radius 3 is 2.44 bits per heavy atom. The average Bonchev–Trinajstić information content (AvgIpc) is 2.24. The van der Waals surface area contributed by atoms with Crippen LogP contribution in [0.25, 0.3) is 0 Å². The van der Waals surface area contributed by atoms with Gasteiger partial charge in [-0.05, 0) is 20.9 Å². The van der Waals surface area contributed by atoms with Crippen LogP contribution in [0.2, 0.25) is 0 Å². The third-order valence-corrected chi connectivity index (χ3v) is 2.39. The number of alkyl halides is 2. The number of hydrogen-bond acceptors (Lipinski definition) is 4. The van der Waals surface area contributed by atoms with Gasteiger partial charge in [0.2, 0.25) is 0 Å². The van der Waals surface area contributed by atoms with Gasteiger partial charge in [-0.3, -0.25) is 4.79 Å². The summed E-state index contributed by atoms with van der Waals surface area (Å²) in [7, 11) is 2.89. The van der Waals surface area contributed by atoms with E-state index in [-0.39, 0.29) is 6.42 Å². The lowest BCUT2D eigenvalue weighted by Crippen LogP contribution is -2.50. The summed E-state index contributed by atoms with van der Waals surface area (Å²) >= 11 is 0. The number of likely N-dealkylation sites (N-methyl/N-ethyl adjacent to an activating group) is 1. The second kappa shape index (κ2) is 6.75. The van der Waals surface area contributed by atoms with Crippen LogP contribution < -0.4 is 5.32 Å². The summed E-state index contributed by atoms with van der Waals surface area (Å²) in [4.78, 5) is 11.4. The summed E-state index contributed by atoms with van der Waals surface area (Å²) < 4.78 is 33.3. The molecule has 0 aromatic rings. The van der Waals surface area contributed by atoms with Gasteiger partial charge in [-0.1, -0.05) is 0 Å². The molecule has 0 aliphatic rings. The van der Waals surface area contributed by atoms with Crippen LogP contribution in [0.15, 0.2) is 0 Å². The molecule has 0 heterocycles. The topological polar surface area (TPSA) is 47.6 Å². The van der Waals surface area contributed by atoms with Crippen molar-refractivity contribution < 1.29 is 23.0 Å². The molecule has 0 fully saturated rings. The molecule has 0 aromatic carbocycles. The predicted octanol–water partition coefficient (Wildman–Crippen LogP) is 1.20. The van der Waals surface area contributed by atoms with E-state index < -0.39 is 30.6 Å². The third-order valence-electron chi connectivity index (χ3n) is 2.39. The fourth-order valence-electron chi connectivity index (χ4n) is 1.38. The quantitative estimate of drug-likeness (QED) is 0.678. The summed E-state index contributed by atoms with van der Waals surface area (Å²) in [5.41, 5.74) is -0.920. The monoisotopic (exact) mass is 239 g/mol. The summed E-state index contributed by atoms with van der Waals surface area (Å²) in [5.74, 6) is -0.442. The molecule has 0 radical (unpaired) electrons. The van der Waals surface area contributed by atoms with Crippen LogP contribution in [0.1, 0.15) is 20.3 Å². The molecule has 0 aliphatic carbocycles. The fraction of sp³-hybridized carbons (Fsp3) is 0.900. The summed E-state index contributed by atoms with van der Waals surface area (Å²) in [5, 5.41) is 2.81. The van der Waals surface area contributed by atoms with Crippen molar-refractivity contribution in [3.63, 3.8) is 0 Å². The van der Waals surface area contributed by atoms with E-state index in [2.05, 4.69) is 10.1 Å². The third kappa shape index (κ3) is 4.85. The van der Waals surface area contributed by atoms with E-state index in [1.807, 2.05) is 0 Å². The molecule has 2 atom stereocenters. The van der Waals surface area contributed by atoms with Gasteiger partial charge in [0.1, 0.15) is 12.1 Å². The molecule has 4 nitrogen and oxygen atoms in total. The molecule has 16 heavy (non-hydrogen) atoms. The standard InChI is InChI=1S/C10H19F2NO3/c1-7(16-6-8(11)12)5-10(2,13-3)9(14)15-4/h7-8,13H,5-6H2,1-4H3. The Balaban J connectivity index is 4.25. The van der Waals surface area contributed by atoms with E-state index in [0.29, 0.717) is 0 Å². The first-order valence-electron chi connectivity index (χ1n) is 5.02. The van der Waals surface area contributed by atoms with Gasteiger partial charge in [-0.15, -0.1) is 0 Å². The van der Waals surface area contributed by atoms with Gasteiger partial charge in [-0.25, -0.2) is 8.78 Å². The van der Waals surface area contributed by atoms with Crippen LogP contribution in [-0.4, -0.2) is 44.8 Å². The first-order valence-corrected chi connectivity index (χ1v) is 5.02. The van der Waals surface area contributed by atoms with E-state index in [9.17, 15) is 13.6 Å². The normalized spacial score (nSPS) is 16.9. The highest BCUT2D eigenvalue weighted by Gasteiger charge is 2.34. The molecule has 96 valence electrons. The number of methoxy groups -OCH3 is 1. The lowest BCUT2D eigenvalue weighted by atomic mass is 9.95. The molecule has 0 aliphatic heterocycles. The molecule has 0 saturated heterocycles. The molecule has 0 rings (SSSR count). The molecule has 0 aromatic heterocycles. The maximum absolute atomic E-state index is 11.9. The second-order valence-corrected chi connectivity index (χ2v) is 3.81. The Hall–Kier alpha value is -0.750. The molecule has 0 bridgehead atoms. The van der Waals surface area contributed by atoms with E-state index in [4.69, 9.17) is 4.74 Å². The number of carbonyl (C=O) groups is 1. The van der Waals surface area contributed by atoms with E-state index in [1.165, 1.54) is 7.11 Å². The van der Waals surface area contributed by atoms with Crippen molar-refractivity contribution in [3.05, 3.63) is 0 Å². The fourth-order valence-corrected chi connectivity index (χ4v) is 1.38. The van der Waals surface area contributed by atoms with E-state index in [1.54, 1.807) is 20.9 Å². The number of carbonyl (C=O) groups excluding carboxylic acids is 1. The van der Waals surface area contributed by atoms with Crippen LogP contribution in [-0.2, 0) is 14.3 Å². The largest absolute Gasteiger partial charge is 0.468 e. The Kier molecular flexibility index (Phi) is 6.43. The summed E-state index contributed by atoms with van der Waals surface area (Å²) in [6.07, 6.45) is -2.69. The highest BCUT2D eigenvalue weighted by molar-refractivity contribution is 5.80. The zero-order valence-corrected chi connectivity index (χ0v) is 10.0. The van der Waals surface area contributed by atoms with Crippen LogP contribution in [0.4, 0.5) is 8.78 Å². The molecule has 0 saturated carbocycles. The molecular weight excluding hydrogens is 220 g/mol. The molecule has 1 N–H and O–H groups in total. The Morgan fingerprint density at radius 1 is 1.50 bits per heavy atom. The smallest absolute Gasteiger partial charge is 0.325 e.